The molecule has 2 rings (SSSR count). The minimum atomic E-state index is -0.794. The van der Waals surface area contributed by atoms with Gasteiger partial charge >= 0.3 is 0 Å². The van der Waals surface area contributed by atoms with Crippen molar-refractivity contribution in [2.24, 2.45) is 0 Å². The molecular formula is C10H13NO3S. The molecule has 1 aliphatic rings. The van der Waals surface area contributed by atoms with Gasteiger partial charge in [-0.15, -0.1) is 11.3 Å². The summed E-state index contributed by atoms with van der Waals surface area (Å²) in [5.74, 6) is -0.0342. The van der Waals surface area contributed by atoms with E-state index in [9.17, 15) is 15.0 Å². The Kier molecular flexibility index (Phi) is 3.04. The first-order valence-corrected chi connectivity index (χ1v) is 5.71. The number of thiophene rings is 1. The minimum Gasteiger partial charge on any atom is -0.388 e. The zero-order chi connectivity index (χ0) is 10.8. The molecule has 0 radical (unpaired) electrons. The van der Waals surface area contributed by atoms with E-state index >= 15 is 0 Å². The number of likely N-dealkylation sites (tertiary alicyclic amines) is 1. The van der Waals surface area contributed by atoms with Crippen molar-refractivity contribution in [3.05, 3.63) is 22.4 Å². The van der Waals surface area contributed by atoms with Gasteiger partial charge in [0.25, 0.3) is 0 Å². The lowest BCUT2D eigenvalue weighted by Crippen LogP contribution is -2.30. The summed E-state index contributed by atoms with van der Waals surface area (Å²) in [6.45, 7) is 0.483. The predicted octanol–water partition coefficient (Wildman–Crippen LogP) is -0.145. The van der Waals surface area contributed by atoms with Crippen molar-refractivity contribution in [2.75, 3.05) is 13.1 Å². The van der Waals surface area contributed by atoms with E-state index in [2.05, 4.69) is 0 Å². The molecule has 1 aliphatic heterocycles. The predicted molar refractivity (Wildman–Crippen MR) is 56.6 cm³/mol. The van der Waals surface area contributed by atoms with E-state index in [1.165, 1.54) is 16.2 Å². The molecule has 82 valence electrons. The van der Waals surface area contributed by atoms with Gasteiger partial charge in [0.1, 0.15) is 0 Å². The van der Waals surface area contributed by atoms with Crippen molar-refractivity contribution in [1.29, 1.82) is 0 Å². The highest BCUT2D eigenvalue weighted by Crippen LogP contribution is 2.14. The average molecular weight is 227 g/mol. The second-order valence-electron chi connectivity index (χ2n) is 3.69. The number of amides is 1. The Balaban J connectivity index is 1.92. The molecule has 1 aromatic heterocycles. The first-order chi connectivity index (χ1) is 7.16. The van der Waals surface area contributed by atoms with Crippen molar-refractivity contribution < 1.29 is 15.0 Å². The molecule has 5 heteroatoms. The van der Waals surface area contributed by atoms with E-state index in [1.54, 1.807) is 0 Å². The summed E-state index contributed by atoms with van der Waals surface area (Å²) < 4.78 is 0. The van der Waals surface area contributed by atoms with Crippen LogP contribution in [-0.2, 0) is 11.2 Å². The van der Waals surface area contributed by atoms with Crippen LogP contribution in [0, 0.1) is 0 Å². The highest BCUT2D eigenvalue weighted by Gasteiger charge is 2.32. The second kappa shape index (κ2) is 4.30. The van der Waals surface area contributed by atoms with Gasteiger partial charge < -0.3 is 15.1 Å². The van der Waals surface area contributed by atoms with Gasteiger partial charge in [0, 0.05) is 18.0 Å². The third kappa shape index (κ3) is 2.37. The summed E-state index contributed by atoms with van der Waals surface area (Å²) in [6.07, 6.45) is -1.23. The van der Waals surface area contributed by atoms with Gasteiger partial charge in [0.15, 0.2) is 0 Å². The van der Waals surface area contributed by atoms with Crippen LogP contribution in [0.15, 0.2) is 17.5 Å². The van der Waals surface area contributed by atoms with Crippen LogP contribution in [0.4, 0.5) is 0 Å². The summed E-state index contributed by atoms with van der Waals surface area (Å²) in [7, 11) is 0. The van der Waals surface area contributed by atoms with Gasteiger partial charge in [-0.1, -0.05) is 6.07 Å². The number of carbonyl (C=O) groups excluding carboxylic acids is 1. The molecule has 1 fully saturated rings. The van der Waals surface area contributed by atoms with E-state index in [0.717, 1.165) is 4.88 Å². The molecule has 0 saturated carbocycles. The number of aliphatic hydroxyl groups excluding tert-OH is 2. The zero-order valence-corrected chi connectivity index (χ0v) is 8.98. The number of hydrogen-bond donors (Lipinski definition) is 2. The van der Waals surface area contributed by atoms with Crippen molar-refractivity contribution in [1.82, 2.24) is 4.90 Å². The largest absolute Gasteiger partial charge is 0.388 e. The molecule has 0 unspecified atom stereocenters. The van der Waals surface area contributed by atoms with Crippen LogP contribution in [0.3, 0.4) is 0 Å². The van der Waals surface area contributed by atoms with Crippen molar-refractivity contribution >= 4 is 17.2 Å². The van der Waals surface area contributed by atoms with E-state index in [1.807, 2.05) is 17.5 Å². The Labute approximate surface area is 91.8 Å². The number of β-amino-alcohol motifs (C(OH)–C–C–N with tert-alkyl or cyclic N) is 2. The van der Waals surface area contributed by atoms with E-state index in [-0.39, 0.29) is 19.0 Å². The van der Waals surface area contributed by atoms with Crippen molar-refractivity contribution in [3.63, 3.8) is 0 Å². The van der Waals surface area contributed by atoms with Gasteiger partial charge in [-0.3, -0.25) is 4.79 Å². The number of aliphatic hydroxyl groups is 2. The van der Waals surface area contributed by atoms with Crippen LogP contribution < -0.4 is 0 Å². The maximum absolute atomic E-state index is 11.7. The number of hydrogen-bond acceptors (Lipinski definition) is 4. The van der Waals surface area contributed by atoms with Crippen LogP contribution in [0.1, 0.15) is 4.88 Å². The lowest BCUT2D eigenvalue weighted by molar-refractivity contribution is -0.129. The molecule has 4 nitrogen and oxygen atoms in total. The topological polar surface area (TPSA) is 60.8 Å². The molecule has 0 spiro atoms. The van der Waals surface area contributed by atoms with Gasteiger partial charge in [-0.05, 0) is 11.4 Å². The molecule has 0 bridgehead atoms. The molecule has 2 atom stereocenters. The maximum atomic E-state index is 11.7. The van der Waals surface area contributed by atoms with Crippen LogP contribution in [0.25, 0.3) is 0 Å². The molecule has 2 heterocycles. The molecule has 1 saturated heterocycles. The van der Waals surface area contributed by atoms with E-state index in [0.29, 0.717) is 6.42 Å². The average Bonchev–Trinajstić information content (AvgIpc) is 2.78. The van der Waals surface area contributed by atoms with Gasteiger partial charge in [0.05, 0.1) is 18.6 Å². The van der Waals surface area contributed by atoms with Gasteiger partial charge in [-0.2, -0.15) is 0 Å². The number of rotatable bonds is 2. The maximum Gasteiger partial charge on any atom is 0.228 e. The fourth-order valence-electron chi connectivity index (χ4n) is 1.65. The fraction of sp³-hybridized carbons (Fsp3) is 0.500. The third-order valence-electron chi connectivity index (χ3n) is 2.52. The first-order valence-electron chi connectivity index (χ1n) is 4.83. The Hall–Kier alpha value is -0.910. The Bertz CT molecular complexity index is 328. The fourth-order valence-corrected chi connectivity index (χ4v) is 2.34. The highest BCUT2D eigenvalue weighted by atomic mass is 32.1. The SMILES string of the molecule is O=C(Cc1cccs1)N1C[C@@H](O)[C@@H](O)C1. The van der Waals surface area contributed by atoms with Crippen LogP contribution in [0.5, 0.6) is 0 Å². The van der Waals surface area contributed by atoms with E-state index < -0.39 is 12.2 Å². The molecule has 1 amide bonds. The summed E-state index contributed by atoms with van der Waals surface area (Å²) in [4.78, 5) is 14.2. The van der Waals surface area contributed by atoms with Crippen molar-refractivity contribution in [2.45, 2.75) is 18.6 Å². The van der Waals surface area contributed by atoms with Crippen molar-refractivity contribution in [3.8, 4) is 0 Å². The van der Waals surface area contributed by atoms with Crippen LogP contribution >= 0.6 is 11.3 Å². The minimum absolute atomic E-state index is 0.0342. The summed E-state index contributed by atoms with van der Waals surface area (Å²) in [5, 5.41) is 20.5. The summed E-state index contributed by atoms with van der Waals surface area (Å²) in [6, 6.07) is 3.81. The molecule has 2 N–H and O–H groups in total. The Morgan fingerprint density at radius 1 is 1.47 bits per heavy atom. The number of nitrogens with zero attached hydrogens (tertiary/aromatic N) is 1. The standard InChI is InChI=1S/C10H13NO3S/c12-8-5-11(6-9(8)13)10(14)4-7-2-1-3-15-7/h1-3,8-9,12-13H,4-6H2/t8-,9+. The molecule has 0 aliphatic carbocycles. The van der Waals surface area contributed by atoms with Crippen LogP contribution in [0.2, 0.25) is 0 Å². The van der Waals surface area contributed by atoms with Gasteiger partial charge in [0.2, 0.25) is 5.91 Å². The third-order valence-corrected chi connectivity index (χ3v) is 3.39. The quantitative estimate of drug-likeness (QED) is 0.739. The number of carbonyl (C=O) groups is 1. The lowest BCUT2D eigenvalue weighted by Gasteiger charge is -2.14. The highest BCUT2D eigenvalue weighted by molar-refractivity contribution is 7.10. The monoisotopic (exact) mass is 227 g/mol. The first kappa shape index (κ1) is 10.6. The Morgan fingerprint density at radius 3 is 2.67 bits per heavy atom. The molecule has 1 aromatic rings. The normalized spacial score (nSPS) is 25.9. The summed E-state index contributed by atoms with van der Waals surface area (Å²) >= 11 is 1.54. The zero-order valence-electron chi connectivity index (χ0n) is 8.17. The van der Waals surface area contributed by atoms with E-state index in [4.69, 9.17) is 0 Å². The van der Waals surface area contributed by atoms with Gasteiger partial charge in [-0.25, -0.2) is 0 Å². The lowest BCUT2D eigenvalue weighted by atomic mass is 10.3. The smallest absolute Gasteiger partial charge is 0.228 e. The summed E-state index contributed by atoms with van der Waals surface area (Å²) in [5.41, 5.74) is 0. The molecular weight excluding hydrogens is 214 g/mol. The molecule has 0 aromatic carbocycles. The second-order valence-corrected chi connectivity index (χ2v) is 4.72. The van der Waals surface area contributed by atoms with Crippen LogP contribution in [-0.4, -0.2) is 46.3 Å². The molecule has 15 heavy (non-hydrogen) atoms. The Morgan fingerprint density at radius 2 is 2.13 bits per heavy atom.